The molecule has 1 heterocycles. The Morgan fingerprint density at radius 1 is 1.29 bits per heavy atom. The maximum absolute atomic E-state index is 12.7. The SMILES string of the molecule is CCCCC(CC)CNc1cc(C(F)(F)F)nc(NN)n1. The van der Waals surface area contributed by atoms with Crippen LogP contribution in [0.1, 0.15) is 45.2 Å². The minimum atomic E-state index is -4.53. The van der Waals surface area contributed by atoms with Gasteiger partial charge in [0, 0.05) is 12.6 Å². The number of alkyl halides is 3. The van der Waals surface area contributed by atoms with Crippen molar-refractivity contribution < 1.29 is 13.2 Å². The number of halogens is 3. The molecule has 120 valence electrons. The molecule has 0 aromatic carbocycles. The number of anilines is 2. The minimum absolute atomic E-state index is 0.125. The molecule has 0 saturated carbocycles. The van der Waals surface area contributed by atoms with Gasteiger partial charge in [-0.1, -0.05) is 33.1 Å². The zero-order chi connectivity index (χ0) is 15.9. The molecular weight excluding hydrogens is 283 g/mol. The zero-order valence-electron chi connectivity index (χ0n) is 12.3. The van der Waals surface area contributed by atoms with Gasteiger partial charge in [-0.25, -0.2) is 10.8 Å². The molecule has 1 atom stereocenters. The first kappa shape index (κ1) is 17.5. The standard InChI is InChI=1S/C13H22F3N5/c1-3-5-6-9(4-2)8-18-11-7-10(13(14,15)16)19-12(20-11)21-17/h7,9H,3-6,8,17H2,1-2H3,(H2,18,19,20,21). The summed E-state index contributed by atoms with van der Waals surface area (Å²) in [5, 5.41) is 2.95. The predicted octanol–water partition coefficient (Wildman–Crippen LogP) is 3.41. The Morgan fingerprint density at radius 3 is 2.52 bits per heavy atom. The van der Waals surface area contributed by atoms with Crippen LogP contribution in [0.5, 0.6) is 0 Å². The summed E-state index contributed by atoms with van der Waals surface area (Å²) < 4.78 is 38.2. The zero-order valence-corrected chi connectivity index (χ0v) is 12.3. The topological polar surface area (TPSA) is 75.9 Å². The van der Waals surface area contributed by atoms with Gasteiger partial charge in [0.05, 0.1) is 0 Å². The molecule has 0 bridgehead atoms. The predicted molar refractivity (Wildman–Crippen MR) is 76.6 cm³/mol. The Hall–Kier alpha value is -1.57. The molecule has 0 amide bonds. The summed E-state index contributed by atoms with van der Waals surface area (Å²) in [5.41, 5.74) is 1.03. The third-order valence-electron chi connectivity index (χ3n) is 3.26. The molecule has 0 aliphatic carbocycles. The van der Waals surface area contributed by atoms with Crippen LogP contribution >= 0.6 is 0 Å². The Morgan fingerprint density at radius 2 is 2.00 bits per heavy atom. The van der Waals surface area contributed by atoms with Crippen molar-refractivity contribution in [1.29, 1.82) is 0 Å². The number of nitrogens with zero attached hydrogens (tertiary/aromatic N) is 2. The Kier molecular flexibility index (Phi) is 6.67. The van der Waals surface area contributed by atoms with Gasteiger partial charge in [0.1, 0.15) is 5.82 Å². The minimum Gasteiger partial charge on any atom is -0.370 e. The molecular formula is C13H22F3N5. The van der Waals surface area contributed by atoms with E-state index in [1.54, 1.807) is 0 Å². The molecule has 0 aliphatic rings. The molecule has 0 spiro atoms. The third-order valence-corrected chi connectivity index (χ3v) is 3.26. The fourth-order valence-electron chi connectivity index (χ4n) is 1.94. The van der Waals surface area contributed by atoms with Crippen molar-refractivity contribution in [2.24, 2.45) is 11.8 Å². The molecule has 21 heavy (non-hydrogen) atoms. The molecule has 4 N–H and O–H groups in total. The smallest absolute Gasteiger partial charge is 0.370 e. The highest BCUT2D eigenvalue weighted by Crippen LogP contribution is 2.29. The highest BCUT2D eigenvalue weighted by molar-refractivity contribution is 5.42. The quantitative estimate of drug-likeness (QED) is 0.507. The molecule has 0 fully saturated rings. The molecule has 1 aromatic rings. The number of hydrazine groups is 1. The summed E-state index contributed by atoms with van der Waals surface area (Å²) in [6, 6.07) is 0.896. The van der Waals surface area contributed by atoms with Crippen molar-refractivity contribution in [3.05, 3.63) is 11.8 Å². The van der Waals surface area contributed by atoms with Crippen LogP contribution < -0.4 is 16.6 Å². The van der Waals surface area contributed by atoms with Crippen LogP contribution in [-0.2, 0) is 6.18 Å². The van der Waals surface area contributed by atoms with Crippen LogP contribution in [-0.4, -0.2) is 16.5 Å². The van der Waals surface area contributed by atoms with Crippen LogP contribution in [0.15, 0.2) is 6.07 Å². The second kappa shape index (κ2) is 8.02. The number of hydrogen-bond donors (Lipinski definition) is 3. The van der Waals surface area contributed by atoms with E-state index in [0.717, 1.165) is 31.7 Å². The first-order valence-corrected chi connectivity index (χ1v) is 7.07. The second-order valence-electron chi connectivity index (χ2n) is 4.90. The van der Waals surface area contributed by atoms with Gasteiger partial charge in [-0.15, -0.1) is 0 Å². The molecule has 0 radical (unpaired) electrons. The van der Waals surface area contributed by atoms with E-state index in [4.69, 9.17) is 5.84 Å². The number of nitrogen functional groups attached to an aromatic ring is 1. The van der Waals surface area contributed by atoms with E-state index in [1.165, 1.54) is 0 Å². The number of rotatable bonds is 8. The van der Waals surface area contributed by atoms with Gasteiger partial charge in [-0.3, -0.25) is 5.43 Å². The molecule has 1 unspecified atom stereocenters. The molecule has 0 aliphatic heterocycles. The van der Waals surface area contributed by atoms with Crippen molar-refractivity contribution in [1.82, 2.24) is 9.97 Å². The van der Waals surface area contributed by atoms with Crippen molar-refractivity contribution in [3.8, 4) is 0 Å². The van der Waals surface area contributed by atoms with E-state index >= 15 is 0 Å². The summed E-state index contributed by atoms with van der Waals surface area (Å²) in [6.07, 6.45) is -0.320. The fraction of sp³-hybridized carbons (Fsp3) is 0.692. The normalized spacial score (nSPS) is 13.0. The van der Waals surface area contributed by atoms with Crippen molar-refractivity contribution >= 4 is 11.8 Å². The summed E-state index contributed by atoms with van der Waals surface area (Å²) in [7, 11) is 0. The van der Waals surface area contributed by atoms with E-state index in [9.17, 15) is 13.2 Å². The lowest BCUT2D eigenvalue weighted by molar-refractivity contribution is -0.141. The summed E-state index contributed by atoms with van der Waals surface area (Å²) in [4.78, 5) is 7.20. The maximum Gasteiger partial charge on any atom is 0.433 e. The van der Waals surface area contributed by atoms with Crippen molar-refractivity contribution in [3.63, 3.8) is 0 Å². The van der Waals surface area contributed by atoms with Crippen LogP contribution in [0.2, 0.25) is 0 Å². The number of hydrogen-bond acceptors (Lipinski definition) is 5. The lowest BCUT2D eigenvalue weighted by Gasteiger charge is -2.16. The van der Waals surface area contributed by atoms with Crippen LogP contribution in [0.3, 0.4) is 0 Å². The summed E-state index contributed by atoms with van der Waals surface area (Å²) >= 11 is 0. The fourth-order valence-corrected chi connectivity index (χ4v) is 1.94. The first-order chi connectivity index (χ1) is 9.90. The summed E-state index contributed by atoms with van der Waals surface area (Å²) in [5.74, 6) is 5.38. The first-order valence-electron chi connectivity index (χ1n) is 7.07. The highest BCUT2D eigenvalue weighted by atomic mass is 19.4. The molecule has 1 aromatic heterocycles. The van der Waals surface area contributed by atoms with Gasteiger partial charge in [-0.2, -0.15) is 18.2 Å². The Bertz CT molecular complexity index is 436. The average molecular weight is 305 g/mol. The van der Waals surface area contributed by atoms with E-state index in [2.05, 4.69) is 34.6 Å². The number of aromatic nitrogens is 2. The molecule has 8 heteroatoms. The number of nitrogens with two attached hydrogens (primary N) is 1. The van der Waals surface area contributed by atoms with Gasteiger partial charge in [0.15, 0.2) is 5.69 Å². The molecule has 1 rings (SSSR count). The Labute approximate surface area is 122 Å². The van der Waals surface area contributed by atoms with Crippen LogP contribution in [0, 0.1) is 5.92 Å². The highest BCUT2D eigenvalue weighted by Gasteiger charge is 2.33. The molecule has 5 nitrogen and oxygen atoms in total. The maximum atomic E-state index is 12.7. The van der Waals surface area contributed by atoms with Crippen molar-refractivity contribution in [2.75, 3.05) is 17.3 Å². The number of nitrogens with one attached hydrogen (secondary N) is 2. The second-order valence-corrected chi connectivity index (χ2v) is 4.90. The largest absolute Gasteiger partial charge is 0.433 e. The van der Waals surface area contributed by atoms with Gasteiger partial charge >= 0.3 is 6.18 Å². The van der Waals surface area contributed by atoms with Crippen LogP contribution in [0.25, 0.3) is 0 Å². The van der Waals surface area contributed by atoms with E-state index < -0.39 is 11.9 Å². The molecule has 0 saturated heterocycles. The van der Waals surface area contributed by atoms with Gasteiger partial charge in [0.2, 0.25) is 5.95 Å². The van der Waals surface area contributed by atoms with Gasteiger partial charge in [0.25, 0.3) is 0 Å². The van der Waals surface area contributed by atoms with Gasteiger partial charge in [-0.05, 0) is 12.3 Å². The average Bonchev–Trinajstić information content (AvgIpc) is 2.46. The Balaban J connectivity index is 2.78. The van der Waals surface area contributed by atoms with E-state index in [1.807, 2.05) is 0 Å². The van der Waals surface area contributed by atoms with Crippen LogP contribution in [0.4, 0.5) is 24.9 Å². The van der Waals surface area contributed by atoms with E-state index in [-0.39, 0.29) is 11.8 Å². The van der Waals surface area contributed by atoms with Gasteiger partial charge < -0.3 is 5.32 Å². The lowest BCUT2D eigenvalue weighted by Crippen LogP contribution is -2.19. The number of unbranched alkanes of at least 4 members (excludes halogenated alkanes) is 1. The van der Waals surface area contributed by atoms with Crippen molar-refractivity contribution in [2.45, 2.75) is 45.7 Å². The van der Waals surface area contributed by atoms with E-state index in [0.29, 0.717) is 12.5 Å². The lowest BCUT2D eigenvalue weighted by atomic mass is 9.99. The monoisotopic (exact) mass is 305 g/mol. The summed E-state index contributed by atoms with van der Waals surface area (Å²) in [6.45, 7) is 4.75. The third kappa shape index (κ3) is 5.74.